The van der Waals surface area contributed by atoms with Crippen molar-refractivity contribution in [3.8, 4) is 0 Å². The van der Waals surface area contributed by atoms with Crippen LogP contribution in [-0.2, 0) is 32.6 Å². The third-order valence-corrected chi connectivity index (χ3v) is 18.6. The first-order valence-electron chi connectivity index (χ1n) is 33.6. The van der Waals surface area contributed by atoms with Gasteiger partial charge in [0.25, 0.3) is 35.4 Å². The number of nitrogens with one attached hydrogen (secondary N) is 6. The van der Waals surface area contributed by atoms with Crippen LogP contribution in [0.2, 0.25) is 0 Å². The second kappa shape index (κ2) is 34.7. The normalized spacial score (nSPS) is 14.1. The molecule has 3 aliphatic rings. The Labute approximate surface area is 591 Å². The number of hydrogen-bond acceptors (Lipinski definition) is 16. The maximum Gasteiger partial charge on any atom is 0.272 e. The van der Waals surface area contributed by atoms with Crippen LogP contribution in [0.25, 0.3) is 32.3 Å². The zero-order valence-electron chi connectivity index (χ0n) is 55.4. The standard InChI is InChI=1S/2C26H26N6O3.C24H24BrN3O3/c33-25(22-8-7-19(15-32-17-27-16-30-32)20-4-1-2-5-21(20)22)31-23-6-3-11-28-24(23)26(34)29-14-18-9-12-35-13-10-18;33-25(22-8-7-19(15-32-16-29-30-17-32)20-4-1-2-5-21(20)22)31-23-6-3-11-27-24(23)26(34)28-14-18-9-12-35-13-10-18;25-14-17-7-8-20(19-5-2-1-4-18(17)19)23(29)28-21-6-3-11-26-22(21)24(30)27-15-16-9-12-31-13-10-16/h1-8,11,16-18H,9-10,12-15H2,(H,29,34)(H,31,33);1-8,11,16-18H,9-10,12-15H2,(H,28,34)(H,31,33);1-8,11,16H,9-10,12-15H2,(H,27,30)(H,28,29). The predicted octanol–water partition coefficient (Wildman–Crippen LogP) is 11.1. The molecule has 0 spiro atoms. The number of halogens is 1. The SMILES string of the molecule is O=C(NCC1CCOCC1)c1ncccc1NC(=O)c1ccc(CBr)c2ccccc12.O=C(NCC1CCOCC1)c1ncccc1NC(=O)c1ccc(Cn2cncn2)c2ccccc12.O=C(NCC1CCOCC1)c1ncccc1NC(=O)c1ccc(Cn2cnnc2)c2ccccc12. The summed E-state index contributed by atoms with van der Waals surface area (Å²) in [5.41, 5.74) is 6.52. The molecule has 101 heavy (non-hydrogen) atoms. The fraction of sp³-hybridized carbons (Fsp3) is 0.276. The Hall–Kier alpha value is -11.0. The van der Waals surface area contributed by atoms with Crippen LogP contribution in [0.4, 0.5) is 17.1 Å². The highest BCUT2D eigenvalue weighted by atomic mass is 79.9. The van der Waals surface area contributed by atoms with Gasteiger partial charge in [-0.05, 0) is 160 Å². The maximum absolute atomic E-state index is 13.3. The van der Waals surface area contributed by atoms with Crippen molar-refractivity contribution in [2.75, 3.05) is 75.2 Å². The van der Waals surface area contributed by atoms with Crippen molar-refractivity contribution in [1.82, 2.24) is 60.4 Å². The lowest BCUT2D eigenvalue weighted by molar-refractivity contribution is 0.0642. The van der Waals surface area contributed by atoms with Crippen LogP contribution in [-0.4, -0.2) is 139 Å². The van der Waals surface area contributed by atoms with Gasteiger partial charge < -0.3 is 50.7 Å². The van der Waals surface area contributed by atoms with Gasteiger partial charge in [0, 0.05) is 99.9 Å². The third-order valence-electron chi connectivity index (χ3n) is 18.0. The molecule has 0 saturated carbocycles. The molecule has 0 unspecified atom stereocenters. The minimum absolute atomic E-state index is 0.194. The van der Waals surface area contributed by atoms with Crippen LogP contribution in [0, 0.1) is 17.8 Å². The summed E-state index contributed by atoms with van der Waals surface area (Å²) in [5.74, 6) is -0.607. The summed E-state index contributed by atoms with van der Waals surface area (Å²) in [6, 6.07) is 44.7. The largest absolute Gasteiger partial charge is 0.381 e. The number of aromatic nitrogens is 9. The molecule has 516 valence electrons. The number of carbonyl (C=O) groups excluding carboxylic acids is 6. The minimum Gasteiger partial charge on any atom is -0.381 e. The number of pyridine rings is 3. The summed E-state index contributed by atoms with van der Waals surface area (Å²) in [7, 11) is 0. The fourth-order valence-corrected chi connectivity index (χ4v) is 13.0. The fourth-order valence-electron chi connectivity index (χ4n) is 12.5. The molecule has 3 fully saturated rings. The molecule has 11 aromatic rings. The number of hydrogen-bond donors (Lipinski definition) is 6. The molecule has 0 bridgehead atoms. The quantitative estimate of drug-likeness (QED) is 0.0386. The van der Waals surface area contributed by atoms with Crippen LogP contribution < -0.4 is 31.9 Å². The third kappa shape index (κ3) is 18.1. The highest BCUT2D eigenvalue weighted by Gasteiger charge is 2.25. The van der Waals surface area contributed by atoms with Crippen molar-refractivity contribution in [3.05, 3.63) is 240 Å². The van der Waals surface area contributed by atoms with Crippen LogP contribution in [0.15, 0.2) is 189 Å². The molecule has 24 nitrogen and oxygen atoms in total. The number of nitrogens with zero attached hydrogens (tertiary/aromatic N) is 9. The first kappa shape index (κ1) is 69.9. The van der Waals surface area contributed by atoms with Gasteiger partial charge in [0.05, 0.1) is 30.2 Å². The number of amides is 6. The molecule has 6 N–H and O–H groups in total. The lowest BCUT2D eigenvalue weighted by atomic mass is 9.98. The summed E-state index contributed by atoms with van der Waals surface area (Å²) >= 11 is 3.50. The summed E-state index contributed by atoms with van der Waals surface area (Å²) in [6.07, 6.45) is 16.7. The summed E-state index contributed by atoms with van der Waals surface area (Å²) < 4.78 is 19.7. The van der Waals surface area contributed by atoms with Gasteiger partial charge in [-0.15, -0.1) is 10.2 Å². The van der Waals surface area contributed by atoms with Gasteiger partial charge in [0.15, 0.2) is 17.1 Å². The molecule has 6 amide bonds. The highest BCUT2D eigenvalue weighted by Crippen LogP contribution is 2.30. The van der Waals surface area contributed by atoms with Gasteiger partial charge in [-0.3, -0.25) is 28.8 Å². The Bertz CT molecular complexity index is 4490. The average molecular weight is 1420 g/mol. The van der Waals surface area contributed by atoms with E-state index in [0.717, 1.165) is 127 Å². The number of anilines is 3. The van der Waals surface area contributed by atoms with Crippen molar-refractivity contribution in [3.63, 3.8) is 0 Å². The molecule has 6 aromatic carbocycles. The number of fused-ring (bicyclic) bond motifs is 3. The van der Waals surface area contributed by atoms with E-state index >= 15 is 0 Å². The Morgan fingerprint density at radius 3 is 1.10 bits per heavy atom. The predicted molar refractivity (Wildman–Crippen MR) is 387 cm³/mol. The number of rotatable bonds is 20. The molecule has 5 aromatic heterocycles. The lowest BCUT2D eigenvalue weighted by Crippen LogP contribution is -2.33. The molecule has 0 atom stereocenters. The first-order valence-corrected chi connectivity index (χ1v) is 34.8. The van der Waals surface area contributed by atoms with Crippen LogP contribution >= 0.6 is 15.9 Å². The summed E-state index contributed by atoms with van der Waals surface area (Å²) in [6.45, 7) is 7.17. The molecule has 25 heteroatoms. The first-order chi connectivity index (χ1) is 49.5. The van der Waals surface area contributed by atoms with Crippen molar-refractivity contribution in [2.24, 2.45) is 17.8 Å². The topological polar surface area (TPSA) is 302 Å². The summed E-state index contributed by atoms with van der Waals surface area (Å²) in [5, 5.41) is 35.6. The smallest absolute Gasteiger partial charge is 0.272 e. The van der Waals surface area contributed by atoms with Gasteiger partial charge in [-0.1, -0.05) is 107 Å². The van der Waals surface area contributed by atoms with E-state index in [1.165, 1.54) is 6.33 Å². The number of benzene rings is 6. The lowest BCUT2D eigenvalue weighted by Gasteiger charge is -2.22. The molecular weight excluding hydrogens is 1350 g/mol. The van der Waals surface area contributed by atoms with Gasteiger partial charge in [-0.2, -0.15) is 5.10 Å². The van der Waals surface area contributed by atoms with Crippen molar-refractivity contribution in [2.45, 2.75) is 56.9 Å². The van der Waals surface area contributed by atoms with Gasteiger partial charge in [-0.25, -0.2) is 24.6 Å². The molecule has 3 saturated heterocycles. The minimum atomic E-state index is -0.306. The second-order valence-electron chi connectivity index (χ2n) is 24.7. The van der Waals surface area contributed by atoms with Crippen LogP contribution in [0.1, 0.15) is 118 Å². The molecule has 14 rings (SSSR count). The molecule has 3 aliphatic heterocycles. The highest BCUT2D eigenvalue weighted by molar-refractivity contribution is 9.08. The van der Waals surface area contributed by atoms with E-state index in [0.29, 0.717) is 89.6 Å². The monoisotopic (exact) mass is 1420 g/mol. The van der Waals surface area contributed by atoms with Crippen molar-refractivity contribution < 1.29 is 43.0 Å². The van der Waals surface area contributed by atoms with Crippen LogP contribution in [0.3, 0.4) is 0 Å². The van der Waals surface area contributed by atoms with E-state index in [2.05, 4.69) is 83.1 Å². The maximum atomic E-state index is 13.3. The van der Waals surface area contributed by atoms with E-state index in [1.54, 1.807) is 90.8 Å². The van der Waals surface area contributed by atoms with E-state index in [1.807, 2.05) is 102 Å². The average Bonchev–Trinajstić information content (AvgIpc) is 1.41. The van der Waals surface area contributed by atoms with Crippen molar-refractivity contribution >= 4 is 101 Å². The summed E-state index contributed by atoms with van der Waals surface area (Å²) in [4.78, 5) is 95.0. The zero-order valence-corrected chi connectivity index (χ0v) is 57.0. The number of ether oxygens (including phenoxy) is 3. The Morgan fingerprint density at radius 1 is 0.396 bits per heavy atom. The van der Waals surface area contributed by atoms with E-state index in [4.69, 9.17) is 14.2 Å². The molecule has 0 aliphatic carbocycles. The van der Waals surface area contributed by atoms with E-state index in [9.17, 15) is 28.8 Å². The number of carbonyl (C=O) groups is 6. The van der Waals surface area contributed by atoms with Crippen LogP contribution in [0.5, 0.6) is 0 Å². The molecular formula is C76H76BrN15O9. The number of alkyl halides is 1. The van der Waals surface area contributed by atoms with Gasteiger partial charge in [0.1, 0.15) is 25.3 Å². The van der Waals surface area contributed by atoms with E-state index in [-0.39, 0.29) is 52.5 Å². The van der Waals surface area contributed by atoms with E-state index < -0.39 is 0 Å². The van der Waals surface area contributed by atoms with Crippen molar-refractivity contribution in [1.29, 1.82) is 0 Å². The molecule has 8 heterocycles. The Kier molecular flexibility index (Phi) is 24.0. The Morgan fingerprint density at radius 2 is 0.743 bits per heavy atom. The van der Waals surface area contributed by atoms with Gasteiger partial charge in [0.2, 0.25) is 0 Å². The molecule has 0 radical (unpaired) electrons. The van der Waals surface area contributed by atoms with Gasteiger partial charge >= 0.3 is 0 Å². The Balaban J connectivity index is 0.000000144. The zero-order chi connectivity index (χ0) is 69.7. The second-order valence-corrected chi connectivity index (χ2v) is 25.2.